The van der Waals surface area contributed by atoms with Gasteiger partial charge in [0.1, 0.15) is 16.7 Å². The minimum atomic E-state index is -1.43. The molecule has 1 N–H and O–H groups in total. The molecule has 0 unspecified atom stereocenters. The average Bonchev–Trinajstić information content (AvgIpc) is 2.46. The summed E-state index contributed by atoms with van der Waals surface area (Å²) in [5.74, 6) is -1.84. The van der Waals surface area contributed by atoms with Crippen LogP contribution in [-0.2, 0) is 4.79 Å². The standard InChI is InChI=1S/C14H15N3O4/c1-14(2,13(20)21)16(3)11(18)9-8-15-10-6-4-5-7-17(10)12(9)19/h4-8H,1-3H3,(H,20,21). The lowest BCUT2D eigenvalue weighted by atomic mass is 10.0. The fourth-order valence-corrected chi connectivity index (χ4v) is 1.75. The van der Waals surface area contributed by atoms with Gasteiger partial charge in [0.2, 0.25) is 0 Å². The van der Waals surface area contributed by atoms with Crippen LogP contribution in [0.4, 0.5) is 0 Å². The molecule has 2 aromatic heterocycles. The molecule has 2 heterocycles. The summed E-state index contributed by atoms with van der Waals surface area (Å²) in [4.78, 5) is 40.9. The van der Waals surface area contributed by atoms with E-state index in [1.54, 1.807) is 18.2 Å². The van der Waals surface area contributed by atoms with Crippen LogP contribution in [0.5, 0.6) is 0 Å². The molecule has 0 spiro atoms. The van der Waals surface area contributed by atoms with Crippen LogP contribution in [0.25, 0.3) is 5.65 Å². The smallest absolute Gasteiger partial charge is 0.329 e. The summed E-state index contributed by atoms with van der Waals surface area (Å²) in [7, 11) is 1.34. The minimum Gasteiger partial charge on any atom is -0.480 e. The molecular formula is C14H15N3O4. The maximum atomic E-state index is 12.4. The van der Waals surface area contributed by atoms with Gasteiger partial charge in [-0.25, -0.2) is 9.78 Å². The number of hydrogen-bond acceptors (Lipinski definition) is 4. The lowest BCUT2D eigenvalue weighted by Crippen LogP contribution is -2.51. The predicted octanol–water partition coefficient (Wildman–Crippen LogP) is 0.630. The Balaban J connectivity index is 2.52. The number of aliphatic carboxylic acids is 1. The number of aromatic nitrogens is 2. The van der Waals surface area contributed by atoms with Crippen molar-refractivity contribution in [3.05, 3.63) is 46.5 Å². The zero-order valence-corrected chi connectivity index (χ0v) is 11.9. The molecule has 7 heteroatoms. The van der Waals surface area contributed by atoms with Crippen molar-refractivity contribution in [3.63, 3.8) is 0 Å². The third kappa shape index (κ3) is 2.37. The molecule has 0 bridgehead atoms. The first-order valence-corrected chi connectivity index (χ1v) is 6.24. The van der Waals surface area contributed by atoms with Gasteiger partial charge in [-0.15, -0.1) is 0 Å². The van der Waals surface area contributed by atoms with Crippen LogP contribution in [0.3, 0.4) is 0 Å². The van der Waals surface area contributed by atoms with Crippen LogP contribution in [0.2, 0.25) is 0 Å². The van der Waals surface area contributed by atoms with Crippen LogP contribution in [0.1, 0.15) is 24.2 Å². The molecule has 0 saturated heterocycles. The van der Waals surface area contributed by atoms with Crippen molar-refractivity contribution in [2.24, 2.45) is 0 Å². The van der Waals surface area contributed by atoms with Crippen LogP contribution < -0.4 is 5.56 Å². The average molecular weight is 289 g/mol. The predicted molar refractivity (Wildman–Crippen MR) is 75.3 cm³/mol. The molecule has 2 rings (SSSR count). The summed E-state index contributed by atoms with van der Waals surface area (Å²) in [5, 5.41) is 9.16. The number of carboxylic acids is 1. The van der Waals surface area contributed by atoms with Crippen molar-refractivity contribution in [2.75, 3.05) is 7.05 Å². The second kappa shape index (κ2) is 5.01. The zero-order chi connectivity index (χ0) is 15.8. The van der Waals surface area contributed by atoms with Gasteiger partial charge in [0.15, 0.2) is 0 Å². The number of amides is 1. The zero-order valence-electron chi connectivity index (χ0n) is 11.9. The van der Waals surface area contributed by atoms with E-state index in [-0.39, 0.29) is 5.56 Å². The van der Waals surface area contributed by atoms with Gasteiger partial charge in [0, 0.05) is 19.4 Å². The molecule has 7 nitrogen and oxygen atoms in total. The Hall–Kier alpha value is -2.70. The normalized spacial score (nSPS) is 11.4. The molecule has 0 aromatic carbocycles. The third-order valence-corrected chi connectivity index (χ3v) is 3.51. The Morgan fingerprint density at radius 3 is 2.62 bits per heavy atom. The van der Waals surface area contributed by atoms with E-state index < -0.39 is 23.0 Å². The Kier molecular flexibility index (Phi) is 3.51. The lowest BCUT2D eigenvalue weighted by molar-refractivity contribution is -0.147. The minimum absolute atomic E-state index is 0.171. The molecule has 110 valence electrons. The van der Waals surface area contributed by atoms with E-state index in [0.717, 1.165) is 4.90 Å². The van der Waals surface area contributed by atoms with Gasteiger partial charge in [0.25, 0.3) is 11.5 Å². The summed E-state index contributed by atoms with van der Waals surface area (Å²) >= 11 is 0. The topological polar surface area (TPSA) is 92.0 Å². The van der Waals surface area contributed by atoms with Gasteiger partial charge in [-0.2, -0.15) is 0 Å². The Labute approximate surface area is 120 Å². The molecular weight excluding hydrogens is 274 g/mol. The van der Waals surface area contributed by atoms with E-state index >= 15 is 0 Å². The van der Waals surface area contributed by atoms with E-state index in [4.69, 9.17) is 5.11 Å². The van der Waals surface area contributed by atoms with Crippen molar-refractivity contribution in [3.8, 4) is 0 Å². The SMILES string of the molecule is CN(C(=O)c1cnc2ccccn2c1=O)C(C)(C)C(=O)O. The summed E-state index contributed by atoms with van der Waals surface area (Å²) in [6.45, 7) is 2.78. The van der Waals surface area contributed by atoms with E-state index in [1.165, 1.54) is 37.7 Å². The molecule has 0 aliphatic rings. The van der Waals surface area contributed by atoms with Gasteiger partial charge < -0.3 is 10.0 Å². The Bertz CT molecular complexity index is 779. The second-order valence-corrected chi connectivity index (χ2v) is 5.13. The van der Waals surface area contributed by atoms with E-state index in [1.807, 2.05) is 0 Å². The first-order chi connectivity index (χ1) is 9.76. The number of pyridine rings is 1. The van der Waals surface area contributed by atoms with E-state index in [9.17, 15) is 14.4 Å². The number of nitrogens with zero attached hydrogens (tertiary/aromatic N) is 3. The maximum Gasteiger partial charge on any atom is 0.329 e. The monoisotopic (exact) mass is 289 g/mol. The highest BCUT2D eigenvalue weighted by molar-refractivity contribution is 5.97. The summed E-state index contributed by atoms with van der Waals surface area (Å²) in [6.07, 6.45) is 2.68. The number of rotatable bonds is 3. The van der Waals surface area contributed by atoms with Crippen molar-refractivity contribution in [2.45, 2.75) is 19.4 Å². The number of hydrogen-bond donors (Lipinski definition) is 1. The van der Waals surface area contributed by atoms with Gasteiger partial charge in [0.05, 0.1) is 0 Å². The van der Waals surface area contributed by atoms with Crippen LogP contribution >= 0.6 is 0 Å². The Morgan fingerprint density at radius 1 is 1.33 bits per heavy atom. The number of carbonyl (C=O) groups is 2. The van der Waals surface area contributed by atoms with E-state index in [0.29, 0.717) is 5.65 Å². The quantitative estimate of drug-likeness (QED) is 0.894. The first kappa shape index (κ1) is 14.7. The molecule has 0 aliphatic carbocycles. The van der Waals surface area contributed by atoms with Gasteiger partial charge in [-0.1, -0.05) is 6.07 Å². The first-order valence-electron chi connectivity index (χ1n) is 6.24. The van der Waals surface area contributed by atoms with Crippen molar-refractivity contribution >= 4 is 17.5 Å². The molecule has 1 amide bonds. The summed E-state index contributed by atoms with van der Waals surface area (Å²) in [6, 6.07) is 5.01. The number of carbonyl (C=O) groups excluding carboxylic acids is 1. The van der Waals surface area contributed by atoms with Gasteiger partial charge in [-0.3, -0.25) is 14.0 Å². The number of fused-ring (bicyclic) bond motifs is 1. The lowest BCUT2D eigenvalue weighted by Gasteiger charge is -2.31. The van der Waals surface area contributed by atoms with E-state index in [2.05, 4.69) is 4.98 Å². The molecule has 0 aliphatic heterocycles. The largest absolute Gasteiger partial charge is 0.480 e. The van der Waals surface area contributed by atoms with Crippen LogP contribution in [0, 0.1) is 0 Å². The summed E-state index contributed by atoms with van der Waals surface area (Å²) in [5.41, 5.74) is -1.71. The van der Waals surface area contributed by atoms with Gasteiger partial charge in [-0.05, 0) is 26.0 Å². The molecule has 0 atom stereocenters. The third-order valence-electron chi connectivity index (χ3n) is 3.51. The second-order valence-electron chi connectivity index (χ2n) is 5.13. The molecule has 21 heavy (non-hydrogen) atoms. The Morgan fingerprint density at radius 2 is 2.00 bits per heavy atom. The van der Waals surface area contributed by atoms with Gasteiger partial charge >= 0.3 is 5.97 Å². The maximum absolute atomic E-state index is 12.4. The highest BCUT2D eigenvalue weighted by Crippen LogP contribution is 2.15. The van der Waals surface area contributed by atoms with Crippen LogP contribution in [-0.4, -0.2) is 43.9 Å². The molecule has 0 radical (unpaired) electrons. The number of carboxylic acid groups (broad SMARTS) is 1. The van der Waals surface area contributed by atoms with Crippen molar-refractivity contribution in [1.29, 1.82) is 0 Å². The summed E-state index contributed by atoms with van der Waals surface area (Å²) < 4.78 is 1.24. The number of likely N-dealkylation sites (N-methyl/N-ethyl adjacent to an activating group) is 1. The van der Waals surface area contributed by atoms with Crippen LogP contribution in [0.15, 0.2) is 35.4 Å². The van der Waals surface area contributed by atoms with Crippen molar-refractivity contribution in [1.82, 2.24) is 14.3 Å². The fourth-order valence-electron chi connectivity index (χ4n) is 1.75. The highest BCUT2D eigenvalue weighted by Gasteiger charge is 2.36. The van der Waals surface area contributed by atoms with Crippen molar-refractivity contribution < 1.29 is 14.7 Å². The fraction of sp³-hybridized carbons (Fsp3) is 0.286. The molecule has 2 aromatic rings. The molecule has 0 saturated carbocycles. The molecule has 0 fully saturated rings. The highest BCUT2D eigenvalue weighted by atomic mass is 16.4.